The molecule has 1 unspecified atom stereocenters. The van der Waals surface area contributed by atoms with Crippen molar-refractivity contribution in [2.45, 2.75) is 12.2 Å². The van der Waals surface area contributed by atoms with Gasteiger partial charge in [0.2, 0.25) is 0 Å². The van der Waals surface area contributed by atoms with Crippen molar-refractivity contribution in [3.63, 3.8) is 0 Å². The lowest BCUT2D eigenvalue weighted by Gasteiger charge is -2.11. The summed E-state index contributed by atoms with van der Waals surface area (Å²) in [4.78, 5) is 10.4. The summed E-state index contributed by atoms with van der Waals surface area (Å²) in [5.41, 5.74) is 0. The van der Waals surface area contributed by atoms with Gasteiger partial charge in [-0.2, -0.15) is 13.2 Å². The van der Waals surface area contributed by atoms with Crippen LogP contribution >= 0.6 is 0 Å². The topological polar surface area (TPSA) is 41.1 Å². The summed E-state index contributed by atoms with van der Waals surface area (Å²) < 4.78 is 49.4. The van der Waals surface area contributed by atoms with Gasteiger partial charge in [-0.15, -0.1) is 0 Å². The van der Waals surface area contributed by atoms with E-state index >= 15 is 0 Å². The summed E-state index contributed by atoms with van der Waals surface area (Å²) in [5, 5.41) is 2.95. The molecule has 3 nitrogen and oxygen atoms in total. The first-order valence-corrected chi connectivity index (χ1v) is 2.39. The average Bonchev–Trinajstić information content (AvgIpc) is 2.02. The molecule has 1 atom stereocenters. The molecule has 0 saturated carbocycles. The summed E-state index contributed by atoms with van der Waals surface area (Å²) in [5.74, 6) is 0. The molecule has 1 fully saturated rings. The first-order valence-electron chi connectivity index (χ1n) is 3.39. The number of hydrogen-bond donors (Lipinski definition) is 2. The molecule has 0 radical (unpaired) electrons. The Hall–Kier alpha value is -0.940. The third-order valence-corrected chi connectivity index (χ3v) is 0.933. The number of halogens is 3. The van der Waals surface area contributed by atoms with E-state index in [0.717, 1.165) is 0 Å². The minimum absolute atomic E-state index is 1.15. The Morgan fingerprint density at radius 2 is 2.30 bits per heavy atom. The highest BCUT2D eigenvalue weighted by Gasteiger charge is 2.43. The van der Waals surface area contributed by atoms with Crippen LogP contribution in [-0.2, 0) is 0 Å². The van der Waals surface area contributed by atoms with Crippen LogP contribution in [0.5, 0.6) is 0 Å². The van der Waals surface area contributed by atoms with E-state index in [4.69, 9.17) is 2.74 Å². The second-order valence-corrected chi connectivity index (χ2v) is 1.72. The van der Waals surface area contributed by atoms with Crippen LogP contribution in [0, 0.1) is 0 Å². The Labute approximate surface area is 57.4 Å². The van der Waals surface area contributed by atoms with E-state index in [2.05, 4.69) is 0 Å². The van der Waals surface area contributed by atoms with E-state index in [-0.39, 0.29) is 0 Å². The van der Waals surface area contributed by atoms with E-state index in [0.29, 0.717) is 0 Å². The summed E-state index contributed by atoms with van der Waals surface area (Å²) in [6, 6.07) is -3.63. The number of hydrogen-bond acceptors (Lipinski definition) is 1. The molecule has 0 aromatic carbocycles. The Balaban J connectivity index is 2.86. The van der Waals surface area contributed by atoms with E-state index in [1.54, 1.807) is 0 Å². The van der Waals surface area contributed by atoms with Crippen LogP contribution in [0.15, 0.2) is 0 Å². The quantitative estimate of drug-likeness (QED) is 0.518. The number of amides is 2. The summed E-state index contributed by atoms with van der Waals surface area (Å²) >= 11 is 0. The van der Waals surface area contributed by atoms with Crippen molar-refractivity contribution >= 4 is 6.03 Å². The van der Waals surface area contributed by atoms with Crippen molar-refractivity contribution in [1.29, 1.82) is 0 Å². The molecule has 58 valence electrons. The summed E-state index contributed by atoms with van der Waals surface area (Å²) in [6.45, 7) is -2.77. The second-order valence-electron chi connectivity index (χ2n) is 1.72. The SMILES string of the molecule is [2H]C1([2H])NC(=O)NC1C(F)(F)F. The third kappa shape index (κ3) is 1.31. The monoisotopic (exact) mass is 156 g/mol. The zero-order valence-corrected chi connectivity index (χ0v) is 4.62. The fourth-order valence-electron chi connectivity index (χ4n) is 0.505. The maximum absolute atomic E-state index is 11.9. The molecular weight excluding hydrogens is 149 g/mol. The van der Waals surface area contributed by atoms with Gasteiger partial charge in [-0.05, 0) is 0 Å². The normalized spacial score (nSPS) is 33.9. The van der Waals surface area contributed by atoms with E-state index in [1.165, 1.54) is 10.6 Å². The van der Waals surface area contributed by atoms with Gasteiger partial charge in [-0.1, -0.05) is 0 Å². The highest BCUT2D eigenvalue weighted by molar-refractivity contribution is 5.76. The molecule has 0 spiro atoms. The third-order valence-electron chi connectivity index (χ3n) is 0.933. The average molecular weight is 156 g/mol. The van der Waals surface area contributed by atoms with Crippen molar-refractivity contribution in [3.05, 3.63) is 0 Å². The molecule has 0 aromatic rings. The Kier molecular flexibility index (Phi) is 0.978. The molecule has 6 heteroatoms. The van der Waals surface area contributed by atoms with Crippen LogP contribution in [0.1, 0.15) is 2.74 Å². The number of urea groups is 1. The van der Waals surface area contributed by atoms with Crippen LogP contribution in [0.3, 0.4) is 0 Å². The Morgan fingerprint density at radius 1 is 1.70 bits per heavy atom. The molecule has 2 N–H and O–H groups in total. The molecule has 1 aliphatic rings. The maximum Gasteiger partial charge on any atom is 0.410 e. The number of rotatable bonds is 0. The molecule has 0 bridgehead atoms. The molecule has 0 aliphatic carbocycles. The largest absolute Gasteiger partial charge is 0.410 e. The molecule has 0 aromatic heterocycles. The summed E-state index contributed by atoms with van der Waals surface area (Å²) in [6.07, 6.45) is -4.78. The number of carbonyl (C=O) groups is 1. The maximum atomic E-state index is 11.9. The van der Waals surface area contributed by atoms with Gasteiger partial charge in [0, 0.05) is 6.50 Å². The van der Waals surface area contributed by atoms with Crippen LogP contribution < -0.4 is 10.6 Å². The summed E-state index contributed by atoms with van der Waals surface area (Å²) in [7, 11) is 0. The molecule has 1 heterocycles. The first kappa shape index (κ1) is 4.81. The zero-order chi connectivity index (χ0) is 9.57. The molecule has 1 rings (SSSR count). The van der Waals surface area contributed by atoms with Crippen molar-refractivity contribution in [2.24, 2.45) is 0 Å². The second kappa shape index (κ2) is 2.03. The van der Waals surface area contributed by atoms with Crippen molar-refractivity contribution in [1.82, 2.24) is 10.6 Å². The van der Waals surface area contributed by atoms with Crippen molar-refractivity contribution in [2.75, 3.05) is 6.50 Å². The lowest BCUT2D eigenvalue weighted by atomic mass is 10.3. The van der Waals surface area contributed by atoms with Crippen LogP contribution in [-0.4, -0.2) is 24.7 Å². The zero-order valence-electron chi connectivity index (χ0n) is 6.62. The minimum atomic E-state index is -4.78. The van der Waals surface area contributed by atoms with Gasteiger partial charge in [-0.3, -0.25) is 0 Å². The Morgan fingerprint density at radius 3 is 2.50 bits per heavy atom. The highest BCUT2D eigenvalue weighted by atomic mass is 19.4. The van der Waals surface area contributed by atoms with Gasteiger partial charge in [-0.25, -0.2) is 4.79 Å². The number of carbonyl (C=O) groups excluding carboxylic acids is 1. The van der Waals surface area contributed by atoms with Crippen LogP contribution in [0.4, 0.5) is 18.0 Å². The fraction of sp³-hybridized carbons (Fsp3) is 0.750. The predicted molar refractivity (Wildman–Crippen MR) is 26.4 cm³/mol. The number of nitrogens with one attached hydrogen (secondary N) is 2. The van der Waals surface area contributed by atoms with Crippen molar-refractivity contribution in [3.8, 4) is 0 Å². The molecule has 1 aliphatic heterocycles. The minimum Gasteiger partial charge on any atom is -0.336 e. The van der Waals surface area contributed by atoms with E-state index in [1.807, 2.05) is 0 Å². The van der Waals surface area contributed by atoms with Crippen molar-refractivity contribution < 1.29 is 20.7 Å². The molecule has 2 amide bonds. The van der Waals surface area contributed by atoms with Gasteiger partial charge >= 0.3 is 12.2 Å². The van der Waals surface area contributed by atoms with Gasteiger partial charge in [0.1, 0.15) is 6.04 Å². The predicted octanol–water partition coefficient (Wildman–Crippen LogP) is 0.230. The van der Waals surface area contributed by atoms with Gasteiger partial charge < -0.3 is 10.6 Å². The standard InChI is InChI=1S/C4H5F3N2O/c5-4(6,7)2-1-8-3(10)9-2/h2H,1H2,(H2,8,9,10)/i1D2. The van der Waals surface area contributed by atoms with E-state index in [9.17, 15) is 18.0 Å². The van der Waals surface area contributed by atoms with Crippen LogP contribution in [0.2, 0.25) is 0 Å². The lowest BCUT2D eigenvalue weighted by Crippen LogP contribution is -2.40. The molecular formula is C4H5F3N2O. The van der Waals surface area contributed by atoms with Gasteiger partial charge in [0.25, 0.3) is 0 Å². The first-order chi connectivity index (χ1) is 5.23. The van der Waals surface area contributed by atoms with Gasteiger partial charge in [0.05, 0.1) is 2.74 Å². The highest BCUT2D eigenvalue weighted by Crippen LogP contribution is 2.20. The van der Waals surface area contributed by atoms with Crippen LogP contribution in [0.25, 0.3) is 0 Å². The Bertz CT molecular complexity index is 217. The van der Waals surface area contributed by atoms with Gasteiger partial charge in [0.15, 0.2) is 0 Å². The molecule has 1 saturated heterocycles. The van der Waals surface area contributed by atoms with E-state index < -0.39 is 24.7 Å². The fourth-order valence-corrected chi connectivity index (χ4v) is 0.505. The molecule has 10 heavy (non-hydrogen) atoms. The smallest absolute Gasteiger partial charge is 0.336 e. The number of alkyl halides is 3. The lowest BCUT2D eigenvalue weighted by molar-refractivity contribution is -0.148.